The molecule has 0 aliphatic heterocycles. The van der Waals surface area contributed by atoms with Gasteiger partial charge in [0.15, 0.2) is 24.5 Å². The third-order valence-electron chi connectivity index (χ3n) is 4.33. The van der Waals surface area contributed by atoms with Crippen LogP contribution in [0.3, 0.4) is 0 Å². The summed E-state index contributed by atoms with van der Waals surface area (Å²) in [6.45, 7) is 0.804. The highest BCUT2D eigenvalue weighted by Gasteiger charge is 2.14. The number of nitrogens with zero attached hydrogens (tertiary/aromatic N) is 2. The first kappa shape index (κ1) is 22.3. The average molecular weight is 469 g/mol. The molecule has 11 heteroatoms. The van der Waals surface area contributed by atoms with Crippen molar-refractivity contribution in [3.05, 3.63) is 52.8 Å². The van der Waals surface area contributed by atoms with Crippen LogP contribution in [0.2, 0.25) is 0 Å². The minimum atomic E-state index is -3.37. The van der Waals surface area contributed by atoms with Gasteiger partial charge in [0.2, 0.25) is 0 Å². The smallest absolute Gasteiger partial charge is 0.279 e. The molecule has 1 heterocycles. The monoisotopic (exact) mass is 468 g/mol. The molecule has 3 rings (SSSR count). The second kappa shape index (κ2) is 8.42. The molecule has 1 aromatic heterocycles. The number of methoxy groups -OCH3 is 1. The Morgan fingerprint density at radius 1 is 1.00 bits per heavy atom. The number of rotatable bonds is 6. The minimum absolute atomic E-state index is 0.115. The molecule has 0 unspecified atom stereocenters. The maximum atomic E-state index is 12.7. The van der Waals surface area contributed by atoms with Crippen LogP contribution in [-0.2, 0) is 31.0 Å². The van der Waals surface area contributed by atoms with E-state index in [-0.39, 0.29) is 15.4 Å². The lowest BCUT2D eigenvalue weighted by Crippen LogP contribution is -2.19. The molecule has 0 aliphatic carbocycles. The Kier molecular flexibility index (Phi) is 6.27. The zero-order valence-electron chi connectivity index (χ0n) is 16.5. The standard InChI is InChI=1S/C19H20N2O6S3/c1-27-11-10-21-16-9-8-15(30(3,25)26)12-17(16)28-19(21)20-18(22)13-4-6-14(7-5-13)29(2,23)24/h4-9,12H,10-11H2,1-3H3. The number of thiazole rings is 1. The molecule has 0 aliphatic rings. The second-order valence-electron chi connectivity index (χ2n) is 6.64. The first-order valence-corrected chi connectivity index (χ1v) is 13.3. The van der Waals surface area contributed by atoms with Crippen molar-refractivity contribution in [3.8, 4) is 0 Å². The van der Waals surface area contributed by atoms with Crippen LogP contribution in [0.1, 0.15) is 10.4 Å². The molecule has 0 radical (unpaired) electrons. The number of sulfone groups is 2. The third kappa shape index (κ3) is 4.86. The van der Waals surface area contributed by atoms with Gasteiger partial charge in [0.25, 0.3) is 5.91 Å². The molecule has 8 nitrogen and oxygen atoms in total. The summed E-state index contributed by atoms with van der Waals surface area (Å²) in [5.74, 6) is -0.531. The van der Waals surface area contributed by atoms with Crippen LogP contribution >= 0.6 is 11.3 Å². The van der Waals surface area contributed by atoms with Gasteiger partial charge in [-0.05, 0) is 42.5 Å². The van der Waals surface area contributed by atoms with Crippen molar-refractivity contribution >= 4 is 47.1 Å². The molecule has 0 atom stereocenters. The molecule has 2 aromatic carbocycles. The Hall–Kier alpha value is -2.34. The summed E-state index contributed by atoms with van der Waals surface area (Å²) in [5, 5.41) is 0. The van der Waals surface area contributed by atoms with E-state index in [2.05, 4.69) is 4.99 Å². The van der Waals surface area contributed by atoms with Crippen LogP contribution in [0, 0.1) is 0 Å². The van der Waals surface area contributed by atoms with E-state index in [1.807, 2.05) is 0 Å². The van der Waals surface area contributed by atoms with Gasteiger partial charge in [0.1, 0.15) is 0 Å². The van der Waals surface area contributed by atoms with Crippen LogP contribution in [0.15, 0.2) is 57.2 Å². The maximum absolute atomic E-state index is 12.7. The Morgan fingerprint density at radius 2 is 1.60 bits per heavy atom. The van der Waals surface area contributed by atoms with Crippen molar-refractivity contribution in [1.82, 2.24) is 4.57 Å². The average Bonchev–Trinajstić information content (AvgIpc) is 3.01. The van der Waals surface area contributed by atoms with Gasteiger partial charge in [-0.25, -0.2) is 16.8 Å². The summed E-state index contributed by atoms with van der Waals surface area (Å²) < 4.78 is 54.5. The van der Waals surface area contributed by atoms with Crippen molar-refractivity contribution in [2.75, 3.05) is 26.2 Å². The number of hydrogen-bond donors (Lipinski definition) is 0. The molecular weight excluding hydrogens is 448 g/mol. The van der Waals surface area contributed by atoms with Gasteiger partial charge in [0, 0.05) is 31.7 Å². The SMILES string of the molecule is COCCn1c(=NC(=O)c2ccc(S(C)(=O)=O)cc2)sc2cc(S(C)(=O)=O)ccc21. The molecule has 0 saturated carbocycles. The van der Waals surface area contributed by atoms with Crippen molar-refractivity contribution in [2.45, 2.75) is 16.3 Å². The normalized spacial score (nSPS) is 13.1. The molecule has 0 spiro atoms. The van der Waals surface area contributed by atoms with E-state index in [0.29, 0.717) is 22.7 Å². The summed E-state index contributed by atoms with van der Waals surface area (Å²) in [6, 6.07) is 10.3. The molecular formula is C19H20N2O6S3. The number of carbonyl (C=O) groups excluding carboxylic acids is 1. The predicted molar refractivity (Wildman–Crippen MR) is 114 cm³/mol. The highest BCUT2D eigenvalue weighted by atomic mass is 32.2. The van der Waals surface area contributed by atoms with Crippen LogP contribution in [0.4, 0.5) is 0 Å². The number of ether oxygens (including phenoxy) is 1. The van der Waals surface area contributed by atoms with E-state index in [4.69, 9.17) is 4.74 Å². The van der Waals surface area contributed by atoms with Crippen molar-refractivity contribution in [1.29, 1.82) is 0 Å². The predicted octanol–water partition coefficient (Wildman–Crippen LogP) is 1.90. The van der Waals surface area contributed by atoms with Gasteiger partial charge >= 0.3 is 0 Å². The van der Waals surface area contributed by atoms with Gasteiger partial charge < -0.3 is 9.30 Å². The van der Waals surface area contributed by atoms with Crippen LogP contribution in [0.5, 0.6) is 0 Å². The van der Waals surface area contributed by atoms with Gasteiger partial charge in [-0.3, -0.25) is 4.79 Å². The van der Waals surface area contributed by atoms with Crippen LogP contribution in [0.25, 0.3) is 10.2 Å². The first-order valence-electron chi connectivity index (χ1n) is 8.72. The zero-order chi connectivity index (χ0) is 22.1. The third-order valence-corrected chi connectivity index (χ3v) is 7.61. The van der Waals surface area contributed by atoms with Crippen LogP contribution < -0.4 is 4.80 Å². The maximum Gasteiger partial charge on any atom is 0.279 e. The number of carbonyl (C=O) groups is 1. The molecule has 0 bridgehead atoms. The highest BCUT2D eigenvalue weighted by Crippen LogP contribution is 2.22. The Balaban J connectivity index is 2.10. The van der Waals surface area contributed by atoms with E-state index >= 15 is 0 Å². The van der Waals surface area contributed by atoms with E-state index in [9.17, 15) is 21.6 Å². The lowest BCUT2D eigenvalue weighted by molar-refractivity contribution is 0.0997. The van der Waals surface area contributed by atoms with Crippen LogP contribution in [-0.4, -0.2) is 53.5 Å². The van der Waals surface area contributed by atoms with Crippen molar-refractivity contribution < 1.29 is 26.4 Å². The van der Waals surface area contributed by atoms with E-state index in [0.717, 1.165) is 18.0 Å². The molecule has 30 heavy (non-hydrogen) atoms. The number of hydrogen-bond acceptors (Lipinski definition) is 7. The molecule has 160 valence electrons. The lowest BCUT2D eigenvalue weighted by Gasteiger charge is -2.05. The number of fused-ring (bicyclic) bond motifs is 1. The van der Waals surface area contributed by atoms with Gasteiger partial charge in [-0.2, -0.15) is 4.99 Å². The molecule has 0 N–H and O–H groups in total. The Labute approximate surface area is 178 Å². The first-order chi connectivity index (χ1) is 14.0. The zero-order valence-corrected chi connectivity index (χ0v) is 19.0. The summed E-state index contributed by atoms with van der Waals surface area (Å²) in [6.07, 6.45) is 2.23. The molecule has 3 aromatic rings. The largest absolute Gasteiger partial charge is 0.383 e. The molecule has 0 fully saturated rings. The van der Waals surface area contributed by atoms with Gasteiger partial charge in [-0.15, -0.1) is 0 Å². The summed E-state index contributed by atoms with van der Waals surface area (Å²) in [5.41, 5.74) is 0.985. The highest BCUT2D eigenvalue weighted by molar-refractivity contribution is 7.91. The number of aromatic nitrogens is 1. The fraction of sp³-hybridized carbons (Fsp3) is 0.263. The van der Waals surface area contributed by atoms with Crippen molar-refractivity contribution in [3.63, 3.8) is 0 Å². The second-order valence-corrected chi connectivity index (χ2v) is 11.7. The molecule has 0 saturated heterocycles. The van der Waals surface area contributed by atoms with Gasteiger partial charge in [-0.1, -0.05) is 11.3 Å². The van der Waals surface area contributed by atoms with E-state index < -0.39 is 25.6 Å². The summed E-state index contributed by atoms with van der Waals surface area (Å²) in [4.78, 5) is 17.5. The Bertz CT molecular complexity index is 1380. The minimum Gasteiger partial charge on any atom is -0.383 e. The fourth-order valence-corrected chi connectivity index (χ4v) is 5.21. The lowest BCUT2D eigenvalue weighted by atomic mass is 10.2. The fourth-order valence-electron chi connectivity index (χ4n) is 2.76. The summed E-state index contributed by atoms with van der Waals surface area (Å²) >= 11 is 1.19. The van der Waals surface area contributed by atoms with E-state index in [1.54, 1.807) is 23.8 Å². The van der Waals surface area contributed by atoms with Crippen molar-refractivity contribution in [2.24, 2.45) is 4.99 Å². The quantitative estimate of drug-likeness (QED) is 0.546. The topological polar surface area (TPSA) is 112 Å². The summed E-state index contributed by atoms with van der Waals surface area (Å²) in [7, 11) is -5.17. The Morgan fingerprint density at radius 3 is 2.17 bits per heavy atom. The number of benzene rings is 2. The molecule has 1 amide bonds. The van der Waals surface area contributed by atoms with Gasteiger partial charge in [0.05, 0.1) is 26.6 Å². The number of amides is 1. The van der Waals surface area contributed by atoms with E-state index in [1.165, 1.54) is 41.7 Å².